The van der Waals surface area contributed by atoms with Crippen molar-refractivity contribution in [3.8, 4) is 11.5 Å². The van der Waals surface area contributed by atoms with Gasteiger partial charge in [-0.2, -0.15) is 0 Å². The summed E-state index contributed by atoms with van der Waals surface area (Å²) < 4.78 is 5.63. The molecule has 4 nitrogen and oxygen atoms in total. The van der Waals surface area contributed by atoms with E-state index in [1.54, 1.807) is 0 Å². The highest BCUT2D eigenvalue weighted by molar-refractivity contribution is 5.51. The van der Waals surface area contributed by atoms with Gasteiger partial charge >= 0.3 is 0 Å². The van der Waals surface area contributed by atoms with Crippen molar-refractivity contribution in [2.75, 3.05) is 0 Å². The minimum atomic E-state index is 0.592. The molecule has 1 aliphatic rings. The molecule has 1 aromatic heterocycles. The van der Waals surface area contributed by atoms with Crippen molar-refractivity contribution in [2.24, 2.45) is 5.92 Å². The van der Waals surface area contributed by atoms with E-state index in [0.29, 0.717) is 24.4 Å². The molecule has 94 valence electrons. The molecule has 0 spiro atoms. The quantitative estimate of drug-likeness (QED) is 0.896. The third-order valence-corrected chi connectivity index (χ3v) is 3.40. The number of rotatable bonds is 4. The average molecular weight is 243 g/mol. The van der Waals surface area contributed by atoms with Crippen LogP contribution >= 0.6 is 0 Å². The first-order valence-corrected chi connectivity index (χ1v) is 6.42. The zero-order valence-corrected chi connectivity index (χ0v) is 10.5. The van der Waals surface area contributed by atoms with Crippen LogP contribution in [0.1, 0.15) is 25.7 Å². The number of aromatic nitrogens is 2. The van der Waals surface area contributed by atoms with Crippen LogP contribution in [-0.4, -0.2) is 16.2 Å². The molecule has 1 aromatic carbocycles. The highest BCUT2D eigenvalue weighted by Gasteiger charge is 2.24. The van der Waals surface area contributed by atoms with Crippen molar-refractivity contribution in [3.63, 3.8) is 0 Å². The SMILES string of the molecule is CC1CC(NCc2nnc(-c3ccccc3)o2)C1. The third kappa shape index (κ3) is 2.43. The molecule has 0 aliphatic heterocycles. The van der Waals surface area contributed by atoms with Crippen LogP contribution in [0.15, 0.2) is 34.7 Å². The minimum absolute atomic E-state index is 0.592. The van der Waals surface area contributed by atoms with Gasteiger partial charge in [0.1, 0.15) is 0 Å². The van der Waals surface area contributed by atoms with Crippen LogP contribution in [0.2, 0.25) is 0 Å². The second-order valence-electron chi connectivity index (χ2n) is 5.02. The smallest absolute Gasteiger partial charge is 0.247 e. The van der Waals surface area contributed by atoms with Gasteiger partial charge in [-0.15, -0.1) is 10.2 Å². The van der Waals surface area contributed by atoms with E-state index in [1.807, 2.05) is 30.3 Å². The highest BCUT2D eigenvalue weighted by atomic mass is 16.4. The predicted molar refractivity (Wildman–Crippen MR) is 68.8 cm³/mol. The summed E-state index contributed by atoms with van der Waals surface area (Å²) in [6.07, 6.45) is 2.50. The molecule has 0 saturated heterocycles. The second-order valence-corrected chi connectivity index (χ2v) is 5.02. The summed E-state index contributed by atoms with van der Waals surface area (Å²) in [6, 6.07) is 10.5. The first-order chi connectivity index (χ1) is 8.81. The first kappa shape index (κ1) is 11.4. The normalized spacial score (nSPS) is 22.7. The Balaban J connectivity index is 1.60. The zero-order chi connectivity index (χ0) is 12.4. The Morgan fingerprint density at radius 1 is 1.22 bits per heavy atom. The first-order valence-electron chi connectivity index (χ1n) is 6.42. The maximum Gasteiger partial charge on any atom is 0.247 e. The van der Waals surface area contributed by atoms with E-state index >= 15 is 0 Å². The van der Waals surface area contributed by atoms with Gasteiger partial charge in [-0.3, -0.25) is 0 Å². The molecule has 0 amide bonds. The van der Waals surface area contributed by atoms with Gasteiger partial charge in [0, 0.05) is 11.6 Å². The summed E-state index contributed by atoms with van der Waals surface area (Å²) in [5.74, 6) is 2.10. The fourth-order valence-electron chi connectivity index (χ4n) is 2.32. The molecule has 1 fully saturated rings. The number of nitrogens with one attached hydrogen (secondary N) is 1. The van der Waals surface area contributed by atoms with Crippen molar-refractivity contribution < 1.29 is 4.42 Å². The topological polar surface area (TPSA) is 51.0 Å². The van der Waals surface area contributed by atoms with Crippen molar-refractivity contribution >= 4 is 0 Å². The summed E-state index contributed by atoms with van der Waals surface area (Å²) >= 11 is 0. The molecule has 1 N–H and O–H groups in total. The fraction of sp³-hybridized carbons (Fsp3) is 0.429. The van der Waals surface area contributed by atoms with Crippen molar-refractivity contribution in [1.29, 1.82) is 0 Å². The van der Waals surface area contributed by atoms with E-state index in [4.69, 9.17) is 4.42 Å². The number of nitrogens with zero attached hydrogens (tertiary/aromatic N) is 2. The van der Waals surface area contributed by atoms with Gasteiger partial charge in [0.25, 0.3) is 0 Å². The Morgan fingerprint density at radius 2 is 2.00 bits per heavy atom. The standard InChI is InChI=1S/C14H17N3O/c1-10-7-12(8-10)15-9-13-16-17-14(18-13)11-5-3-2-4-6-11/h2-6,10,12,15H,7-9H2,1H3. The summed E-state index contributed by atoms with van der Waals surface area (Å²) in [5, 5.41) is 11.6. The monoisotopic (exact) mass is 243 g/mol. The summed E-state index contributed by atoms with van der Waals surface area (Å²) in [5.41, 5.74) is 0.966. The molecule has 4 heteroatoms. The third-order valence-electron chi connectivity index (χ3n) is 3.40. The number of hydrogen-bond donors (Lipinski definition) is 1. The molecular weight excluding hydrogens is 226 g/mol. The lowest BCUT2D eigenvalue weighted by molar-refractivity contribution is 0.234. The predicted octanol–water partition coefficient (Wildman–Crippen LogP) is 2.62. The summed E-state index contributed by atoms with van der Waals surface area (Å²) in [6.45, 7) is 2.94. The summed E-state index contributed by atoms with van der Waals surface area (Å²) in [7, 11) is 0. The van der Waals surface area contributed by atoms with Crippen LogP contribution in [-0.2, 0) is 6.54 Å². The molecule has 1 heterocycles. The largest absolute Gasteiger partial charge is 0.419 e. The van der Waals surface area contributed by atoms with Crippen LogP contribution in [0.25, 0.3) is 11.5 Å². The van der Waals surface area contributed by atoms with Gasteiger partial charge in [-0.1, -0.05) is 25.1 Å². The molecule has 1 aliphatic carbocycles. The van der Waals surface area contributed by atoms with E-state index in [2.05, 4.69) is 22.4 Å². The maximum atomic E-state index is 5.63. The second kappa shape index (κ2) is 4.90. The van der Waals surface area contributed by atoms with Crippen LogP contribution in [0.5, 0.6) is 0 Å². The van der Waals surface area contributed by atoms with Crippen LogP contribution in [0.4, 0.5) is 0 Å². The van der Waals surface area contributed by atoms with E-state index in [-0.39, 0.29) is 0 Å². The van der Waals surface area contributed by atoms with Crippen LogP contribution in [0.3, 0.4) is 0 Å². The lowest BCUT2D eigenvalue weighted by atomic mass is 9.82. The fourth-order valence-corrected chi connectivity index (χ4v) is 2.32. The minimum Gasteiger partial charge on any atom is -0.419 e. The number of benzene rings is 1. The lowest BCUT2D eigenvalue weighted by Gasteiger charge is -2.32. The molecular formula is C14H17N3O. The van der Waals surface area contributed by atoms with Gasteiger partial charge in [-0.25, -0.2) is 0 Å². The lowest BCUT2D eigenvalue weighted by Crippen LogP contribution is -2.39. The Kier molecular flexibility index (Phi) is 3.11. The van der Waals surface area contributed by atoms with Crippen LogP contribution < -0.4 is 5.32 Å². The van der Waals surface area contributed by atoms with Gasteiger partial charge < -0.3 is 9.73 Å². The molecule has 1 saturated carbocycles. The molecule has 0 atom stereocenters. The van der Waals surface area contributed by atoms with Gasteiger partial charge in [0.05, 0.1) is 6.54 Å². The maximum absolute atomic E-state index is 5.63. The Labute approximate surface area is 106 Å². The molecule has 0 unspecified atom stereocenters. The van der Waals surface area contributed by atoms with Gasteiger partial charge in [0.15, 0.2) is 0 Å². The van der Waals surface area contributed by atoms with E-state index in [9.17, 15) is 0 Å². The Bertz CT molecular complexity index is 503. The van der Waals surface area contributed by atoms with E-state index < -0.39 is 0 Å². The van der Waals surface area contributed by atoms with Gasteiger partial charge in [0.2, 0.25) is 11.8 Å². The molecule has 0 bridgehead atoms. The number of hydrogen-bond acceptors (Lipinski definition) is 4. The molecule has 3 rings (SSSR count). The highest BCUT2D eigenvalue weighted by Crippen LogP contribution is 2.26. The van der Waals surface area contributed by atoms with E-state index in [1.165, 1.54) is 12.8 Å². The Hall–Kier alpha value is -1.68. The average Bonchev–Trinajstić information content (AvgIpc) is 2.83. The molecule has 2 aromatic rings. The Morgan fingerprint density at radius 3 is 2.72 bits per heavy atom. The van der Waals surface area contributed by atoms with Gasteiger partial charge in [-0.05, 0) is 30.9 Å². The van der Waals surface area contributed by atoms with E-state index in [0.717, 1.165) is 11.5 Å². The van der Waals surface area contributed by atoms with Crippen molar-refractivity contribution in [1.82, 2.24) is 15.5 Å². The summed E-state index contributed by atoms with van der Waals surface area (Å²) in [4.78, 5) is 0. The molecule has 0 radical (unpaired) electrons. The van der Waals surface area contributed by atoms with Crippen LogP contribution in [0, 0.1) is 5.92 Å². The van der Waals surface area contributed by atoms with Crippen molar-refractivity contribution in [3.05, 3.63) is 36.2 Å². The van der Waals surface area contributed by atoms with Crippen molar-refractivity contribution in [2.45, 2.75) is 32.4 Å². The zero-order valence-electron chi connectivity index (χ0n) is 10.5. The molecule has 18 heavy (non-hydrogen) atoms.